The molecule has 0 radical (unpaired) electrons. The van der Waals surface area contributed by atoms with Crippen molar-refractivity contribution in [2.75, 3.05) is 0 Å². The average molecular weight is 602 g/mol. The number of carbonyl (C=O) groups excluding carboxylic acids is 3. The summed E-state index contributed by atoms with van der Waals surface area (Å²) < 4.78 is 5.54. The Morgan fingerprint density at radius 2 is 1.45 bits per heavy atom. The molecule has 3 N–H and O–H groups in total. The van der Waals surface area contributed by atoms with Gasteiger partial charge in [0.25, 0.3) is 0 Å². The summed E-state index contributed by atoms with van der Waals surface area (Å²) in [4.78, 5) is 43.7. The van der Waals surface area contributed by atoms with Gasteiger partial charge in [-0.3, -0.25) is 9.59 Å². The number of hydrogen-bond donors (Lipinski definition) is 3. The van der Waals surface area contributed by atoms with Gasteiger partial charge in [-0.05, 0) is 83.7 Å². The molecule has 0 heterocycles. The molecule has 2 unspecified atom stereocenters. The van der Waals surface area contributed by atoms with Crippen molar-refractivity contribution in [1.29, 1.82) is 0 Å². The molecule has 0 bridgehead atoms. The van der Waals surface area contributed by atoms with Crippen LogP contribution in [0.25, 0.3) is 0 Å². The van der Waals surface area contributed by atoms with Crippen molar-refractivity contribution < 1.29 is 24.2 Å². The first-order valence-electron chi connectivity index (χ1n) is 15.1. The Morgan fingerprint density at radius 1 is 0.864 bits per heavy atom. The molecule has 236 valence electrons. The normalized spacial score (nSPS) is 13.0. The van der Waals surface area contributed by atoms with E-state index in [0.717, 1.165) is 22.3 Å². The fourth-order valence-electron chi connectivity index (χ4n) is 5.10. The van der Waals surface area contributed by atoms with Gasteiger partial charge in [0.2, 0.25) is 11.8 Å². The minimum absolute atomic E-state index is 0.0930. The molecule has 8 heteroatoms. The molecule has 0 fully saturated rings. The average Bonchev–Trinajstić information content (AvgIpc) is 2.94. The highest BCUT2D eigenvalue weighted by Crippen LogP contribution is 2.33. The minimum atomic E-state index is -1.06. The highest BCUT2D eigenvalue weighted by atomic mass is 16.6. The second kappa shape index (κ2) is 14.4. The Labute approximate surface area is 261 Å². The van der Waals surface area contributed by atoms with Crippen LogP contribution in [-0.2, 0) is 27.3 Å². The van der Waals surface area contributed by atoms with E-state index in [2.05, 4.69) is 10.6 Å². The Bertz CT molecular complexity index is 1410. The number of rotatable bonds is 11. The number of nitrogens with zero attached hydrogens (tertiary/aromatic N) is 1. The smallest absolute Gasteiger partial charge is 0.408 e. The van der Waals surface area contributed by atoms with Crippen LogP contribution in [0.3, 0.4) is 0 Å². The third kappa shape index (κ3) is 9.59. The van der Waals surface area contributed by atoms with Crippen molar-refractivity contribution in [2.24, 2.45) is 0 Å². The lowest BCUT2D eigenvalue weighted by Gasteiger charge is -2.44. The number of alkyl carbamates (subject to hydrolysis) is 1. The van der Waals surface area contributed by atoms with Crippen molar-refractivity contribution in [2.45, 2.75) is 98.0 Å². The van der Waals surface area contributed by atoms with Crippen LogP contribution in [0.4, 0.5) is 4.79 Å². The van der Waals surface area contributed by atoms with Gasteiger partial charge in [0.05, 0.1) is 0 Å². The van der Waals surface area contributed by atoms with Crippen molar-refractivity contribution >= 4 is 17.9 Å². The monoisotopic (exact) mass is 601 g/mol. The van der Waals surface area contributed by atoms with Gasteiger partial charge < -0.3 is 25.4 Å². The maximum Gasteiger partial charge on any atom is 0.408 e. The second-order valence-electron chi connectivity index (χ2n) is 13.0. The molecule has 3 aromatic rings. The number of nitrogens with one attached hydrogen (secondary N) is 2. The summed E-state index contributed by atoms with van der Waals surface area (Å²) >= 11 is 0. The number of amides is 3. The lowest BCUT2D eigenvalue weighted by Crippen LogP contribution is -2.59. The summed E-state index contributed by atoms with van der Waals surface area (Å²) in [5, 5.41) is 15.7. The quantitative estimate of drug-likeness (QED) is 0.232. The Kier molecular flexibility index (Phi) is 11.2. The SMILES string of the molecule is CCC(C)(C)N(C(=O)C(Cc1ccc(O)cc1)NC(=O)OC(C)(C)C)C(C(=O)NCc1ccccc1)c1cc(C)cc(C)c1. The first-order chi connectivity index (χ1) is 20.6. The zero-order valence-electron chi connectivity index (χ0n) is 27.2. The number of carbonyl (C=O) groups is 3. The number of phenols is 1. The van der Waals surface area contributed by atoms with E-state index in [1.165, 1.54) is 12.1 Å². The molecule has 3 amide bonds. The van der Waals surface area contributed by atoms with Crippen LogP contribution < -0.4 is 10.6 Å². The molecule has 0 saturated carbocycles. The lowest BCUT2D eigenvalue weighted by atomic mass is 9.90. The summed E-state index contributed by atoms with van der Waals surface area (Å²) in [5.74, 6) is -0.653. The summed E-state index contributed by atoms with van der Waals surface area (Å²) in [6, 6.07) is 19.9. The van der Waals surface area contributed by atoms with Crippen LogP contribution in [0.15, 0.2) is 72.8 Å². The van der Waals surface area contributed by atoms with Gasteiger partial charge in [-0.25, -0.2) is 4.79 Å². The Balaban J connectivity index is 2.13. The van der Waals surface area contributed by atoms with E-state index in [1.54, 1.807) is 37.8 Å². The highest BCUT2D eigenvalue weighted by Gasteiger charge is 2.43. The molecule has 0 spiro atoms. The van der Waals surface area contributed by atoms with E-state index in [1.807, 2.05) is 83.1 Å². The van der Waals surface area contributed by atoms with Crippen molar-refractivity contribution in [1.82, 2.24) is 15.5 Å². The molecule has 8 nitrogen and oxygen atoms in total. The summed E-state index contributed by atoms with van der Waals surface area (Å²) in [7, 11) is 0. The minimum Gasteiger partial charge on any atom is -0.508 e. The molecular weight excluding hydrogens is 554 g/mol. The summed E-state index contributed by atoms with van der Waals surface area (Å²) in [6.45, 7) is 15.3. The van der Waals surface area contributed by atoms with E-state index in [0.29, 0.717) is 18.5 Å². The molecule has 0 aliphatic rings. The largest absolute Gasteiger partial charge is 0.508 e. The lowest BCUT2D eigenvalue weighted by molar-refractivity contribution is -0.149. The van der Waals surface area contributed by atoms with Crippen LogP contribution >= 0.6 is 0 Å². The third-order valence-corrected chi connectivity index (χ3v) is 7.50. The molecule has 0 aliphatic carbocycles. The maximum absolute atomic E-state index is 14.8. The fraction of sp³-hybridized carbons (Fsp3) is 0.417. The van der Waals surface area contributed by atoms with Gasteiger partial charge >= 0.3 is 6.09 Å². The third-order valence-electron chi connectivity index (χ3n) is 7.50. The molecule has 3 aromatic carbocycles. The van der Waals surface area contributed by atoms with Gasteiger partial charge in [0, 0.05) is 18.5 Å². The Morgan fingerprint density at radius 3 is 2.00 bits per heavy atom. The van der Waals surface area contributed by atoms with Crippen LogP contribution in [0.2, 0.25) is 0 Å². The molecule has 0 aliphatic heterocycles. The number of aromatic hydroxyl groups is 1. The number of phenolic OH excluding ortho intramolecular Hbond substituents is 1. The number of benzene rings is 3. The first kappa shape index (κ1) is 34.2. The number of ether oxygens (including phenoxy) is 1. The topological polar surface area (TPSA) is 108 Å². The second-order valence-corrected chi connectivity index (χ2v) is 13.0. The molecule has 0 saturated heterocycles. The maximum atomic E-state index is 14.8. The van der Waals surface area contributed by atoms with Crippen molar-refractivity contribution in [3.63, 3.8) is 0 Å². The molecule has 0 aromatic heterocycles. The molecule has 44 heavy (non-hydrogen) atoms. The summed E-state index contributed by atoms with van der Waals surface area (Å²) in [5.41, 5.74) is 2.71. The van der Waals surface area contributed by atoms with E-state index in [4.69, 9.17) is 4.74 Å². The predicted molar refractivity (Wildman–Crippen MR) is 173 cm³/mol. The highest BCUT2D eigenvalue weighted by molar-refractivity contribution is 5.93. The van der Waals surface area contributed by atoms with Crippen molar-refractivity contribution in [3.05, 3.63) is 101 Å². The number of hydrogen-bond acceptors (Lipinski definition) is 5. The zero-order chi connectivity index (χ0) is 32.7. The van der Waals surface area contributed by atoms with E-state index in [-0.39, 0.29) is 18.1 Å². The van der Waals surface area contributed by atoms with Gasteiger partial charge in [0.1, 0.15) is 23.4 Å². The Hall–Kier alpha value is -4.33. The number of aryl methyl sites for hydroxylation is 2. The van der Waals surface area contributed by atoms with E-state index < -0.39 is 35.2 Å². The molecular formula is C36H47N3O5. The van der Waals surface area contributed by atoms with E-state index >= 15 is 0 Å². The summed E-state index contributed by atoms with van der Waals surface area (Å²) in [6.07, 6.45) is -0.0649. The first-order valence-corrected chi connectivity index (χ1v) is 15.1. The van der Waals surface area contributed by atoms with Gasteiger partial charge in [-0.15, -0.1) is 0 Å². The van der Waals surface area contributed by atoms with Gasteiger partial charge in [0.15, 0.2) is 0 Å². The molecule has 2 atom stereocenters. The van der Waals surface area contributed by atoms with Crippen molar-refractivity contribution in [3.8, 4) is 5.75 Å². The van der Waals surface area contributed by atoms with Gasteiger partial charge in [-0.1, -0.05) is 78.7 Å². The van der Waals surface area contributed by atoms with Crippen LogP contribution in [0.1, 0.15) is 81.8 Å². The standard InChI is InChI=1S/C36H47N3O5/c1-9-36(7,8)39(33(42)30(38-34(43)44-35(4,5)6)22-26-15-17-29(40)18-16-26)31(28-20-24(2)19-25(3)21-28)32(41)37-23-27-13-11-10-12-14-27/h10-21,30-31,40H,9,22-23H2,1-8H3,(H,37,41)(H,38,43). The van der Waals surface area contributed by atoms with Crippen LogP contribution in [-0.4, -0.2) is 45.1 Å². The predicted octanol–water partition coefficient (Wildman–Crippen LogP) is 6.52. The fourth-order valence-corrected chi connectivity index (χ4v) is 5.10. The van der Waals surface area contributed by atoms with E-state index in [9.17, 15) is 19.5 Å². The molecule has 3 rings (SSSR count). The van der Waals surface area contributed by atoms with Crippen LogP contribution in [0, 0.1) is 13.8 Å². The van der Waals surface area contributed by atoms with Gasteiger partial charge in [-0.2, -0.15) is 0 Å². The zero-order valence-corrected chi connectivity index (χ0v) is 27.2. The van der Waals surface area contributed by atoms with Crippen LogP contribution in [0.5, 0.6) is 5.75 Å².